The summed E-state index contributed by atoms with van der Waals surface area (Å²) < 4.78 is 6.11. The molecule has 0 unspecified atom stereocenters. The first-order chi connectivity index (χ1) is 12.2. The van der Waals surface area contributed by atoms with E-state index in [1.807, 2.05) is 24.3 Å². The van der Waals surface area contributed by atoms with E-state index in [0.29, 0.717) is 26.2 Å². The molecule has 1 fully saturated rings. The number of amides is 3. The fraction of sp³-hybridized carbons (Fsp3) is 0.471. The van der Waals surface area contributed by atoms with Crippen LogP contribution in [0.2, 0.25) is 0 Å². The lowest BCUT2D eigenvalue weighted by molar-refractivity contribution is 0.0957. The van der Waals surface area contributed by atoms with Crippen molar-refractivity contribution in [1.29, 1.82) is 0 Å². The fourth-order valence-electron chi connectivity index (χ4n) is 2.81. The molecule has 1 aliphatic rings. The molecule has 0 aliphatic carbocycles. The first-order valence-electron chi connectivity index (χ1n) is 8.46. The van der Waals surface area contributed by atoms with E-state index in [4.69, 9.17) is 4.74 Å². The van der Waals surface area contributed by atoms with Crippen molar-refractivity contribution in [2.75, 3.05) is 19.7 Å². The molecule has 134 valence electrons. The van der Waals surface area contributed by atoms with Crippen LogP contribution in [0, 0.1) is 0 Å². The standard InChI is InChI=1S/C17H22N4O3S/c1-2-24-17(23)21-9-7-12(8-10-21)19-16(22)18-11-15-20-13-5-3-4-6-14(13)25-15/h3-6,12H,2,7-11H2,1H3,(H2,18,19,22). The predicted octanol–water partition coefficient (Wildman–Crippen LogP) is 2.72. The Morgan fingerprint density at radius 2 is 2.08 bits per heavy atom. The summed E-state index contributed by atoms with van der Waals surface area (Å²) in [5.74, 6) is 0. The molecule has 1 aromatic carbocycles. The van der Waals surface area contributed by atoms with Crippen molar-refractivity contribution in [2.24, 2.45) is 0 Å². The molecule has 25 heavy (non-hydrogen) atoms. The molecule has 1 aromatic heterocycles. The minimum atomic E-state index is -0.277. The molecule has 3 amide bonds. The van der Waals surface area contributed by atoms with Crippen molar-refractivity contribution >= 4 is 33.7 Å². The first-order valence-corrected chi connectivity index (χ1v) is 9.28. The van der Waals surface area contributed by atoms with Crippen LogP contribution in [-0.4, -0.2) is 47.7 Å². The van der Waals surface area contributed by atoms with E-state index in [9.17, 15) is 9.59 Å². The summed E-state index contributed by atoms with van der Waals surface area (Å²) in [7, 11) is 0. The van der Waals surface area contributed by atoms with Gasteiger partial charge in [0.15, 0.2) is 0 Å². The molecule has 0 atom stereocenters. The summed E-state index contributed by atoms with van der Waals surface area (Å²) in [4.78, 5) is 29.9. The normalized spacial score (nSPS) is 15.2. The average Bonchev–Trinajstić information content (AvgIpc) is 3.04. The summed E-state index contributed by atoms with van der Waals surface area (Å²) in [6.07, 6.45) is 1.18. The quantitative estimate of drug-likeness (QED) is 0.876. The van der Waals surface area contributed by atoms with Gasteiger partial charge in [-0.1, -0.05) is 12.1 Å². The number of hydrogen-bond acceptors (Lipinski definition) is 5. The van der Waals surface area contributed by atoms with Crippen LogP contribution in [0.3, 0.4) is 0 Å². The van der Waals surface area contributed by atoms with Gasteiger partial charge in [-0.25, -0.2) is 14.6 Å². The highest BCUT2D eigenvalue weighted by Crippen LogP contribution is 2.21. The number of benzene rings is 1. The maximum Gasteiger partial charge on any atom is 0.409 e. The van der Waals surface area contributed by atoms with Crippen molar-refractivity contribution in [3.8, 4) is 0 Å². The average molecular weight is 362 g/mol. The minimum Gasteiger partial charge on any atom is -0.450 e. The Bertz CT molecular complexity index is 707. The number of thiazole rings is 1. The summed E-state index contributed by atoms with van der Waals surface area (Å²) in [6, 6.07) is 7.79. The molecule has 0 bridgehead atoms. The molecule has 3 rings (SSSR count). The Hall–Kier alpha value is -2.35. The number of piperidine rings is 1. The molecule has 0 radical (unpaired) electrons. The van der Waals surface area contributed by atoms with E-state index in [1.165, 1.54) is 0 Å². The lowest BCUT2D eigenvalue weighted by Crippen LogP contribution is -2.49. The van der Waals surface area contributed by atoms with Gasteiger partial charge in [0.1, 0.15) is 5.01 Å². The number of para-hydroxylation sites is 1. The summed E-state index contributed by atoms with van der Waals surface area (Å²) in [5, 5.41) is 6.70. The van der Waals surface area contributed by atoms with Crippen LogP contribution in [0.5, 0.6) is 0 Å². The molecule has 7 nitrogen and oxygen atoms in total. The van der Waals surface area contributed by atoms with Gasteiger partial charge in [-0.2, -0.15) is 0 Å². The van der Waals surface area contributed by atoms with Crippen LogP contribution in [0.25, 0.3) is 10.2 Å². The zero-order valence-electron chi connectivity index (χ0n) is 14.2. The maximum atomic E-state index is 12.1. The number of likely N-dealkylation sites (tertiary alicyclic amines) is 1. The predicted molar refractivity (Wildman–Crippen MR) is 96.6 cm³/mol. The van der Waals surface area contributed by atoms with Crippen LogP contribution in [0.1, 0.15) is 24.8 Å². The number of urea groups is 1. The van der Waals surface area contributed by atoms with Gasteiger partial charge >= 0.3 is 12.1 Å². The lowest BCUT2D eigenvalue weighted by atomic mass is 10.1. The smallest absolute Gasteiger partial charge is 0.409 e. The SMILES string of the molecule is CCOC(=O)N1CCC(NC(=O)NCc2nc3ccccc3s2)CC1. The van der Waals surface area contributed by atoms with Gasteiger partial charge in [0.25, 0.3) is 0 Å². The molecule has 2 aromatic rings. The molecule has 8 heteroatoms. The number of carbonyl (C=O) groups is 2. The van der Waals surface area contributed by atoms with Crippen LogP contribution in [-0.2, 0) is 11.3 Å². The first kappa shape index (κ1) is 17.5. The monoisotopic (exact) mass is 362 g/mol. The number of rotatable bonds is 4. The Kier molecular flexibility index (Phi) is 5.70. The molecule has 2 heterocycles. The van der Waals surface area contributed by atoms with Crippen molar-refractivity contribution in [3.05, 3.63) is 29.3 Å². The molecule has 2 N–H and O–H groups in total. The second-order valence-electron chi connectivity index (χ2n) is 5.86. The molecule has 1 aliphatic heterocycles. The van der Waals surface area contributed by atoms with Crippen molar-refractivity contribution in [3.63, 3.8) is 0 Å². The van der Waals surface area contributed by atoms with Gasteiger partial charge in [-0.05, 0) is 31.9 Å². The van der Waals surface area contributed by atoms with Gasteiger partial charge in [0.05, 0.1) is 23.4 Å². The second kappa shape index (κ2) is 8.15. The third kappa shape index (κ3) is 4.60. The number of hydrogen-bond donors (Lipinski definition) is 2. The Morgan fingerprint density at radius 1 is 1.32 bits per heavy atom. The Balaban J connectivity index is 1.42. The van der Waals surface area contributed by atoms with E-state index in [-0.39, 0.29) is 18.2 Å². The topological polar surface area (TPSA) is 83.6 Å². The molecule has 0 spiro atoms. The van der Waals surface area contributed by atoms with Crippen molar-refractivity contribution < 1.29 is 14.3 Å². The summed E-state index contributed by atoms with van der Waals surface area (Å²) in [5.41, 5.74) is 0.955. The van der Waals surface area contributed by atoms with Gasteiger partial charge < -0.3 is 20.3 Å². The van der Waals surface area contributed by atoms with Crippen molar-refractivity contribution in [2.45, 2.75) is 32.4 Å². The van der Waals surface area contributed by atoms with E-state index in [0.717, 1.165) is 28.1 Å². The highest BCUT2D eigenvalue weighted by molar-refractivity contribution is 7.18. The van der Waals surface area contributed by atoms with Gasteiger partial charge in [0.2, 0.25) is 0 Å². The van der Waals surface area contributed by atoms with E-state index in [2.05, 4.69) is 15.6 Å². The van der Waals surface area contributed by atoms with Crippen LogP contribution >= 0.6 is 11.3 Å². The molecular formula is C17H22N4O3S. The number of ether oxygens (including phenoxy) is 1. The fourth-order valence-corrected chi connectivity index (χ4v) is 3.72. The zero-order chi connectivity index (χ0) is 17.6. The zero-order valence-corrected chi connectivity index (χ0v) is 15.0. The van der Waals surface area contributed by atoms with Gasteiger partial charge in [0, 0.05) is 19.1 Å². The van der Waals surface area contributed by atoms with E-state index in [1.54, 1.807) is 23.2 Å². The van der Waals surface area contributed by atoms with Gasteiger partial charge in [-0.15, -0.1) is 11.3 Å². The van der Waals surface area contributed by atoms with Crippen LogP contribution in [0.15, 0.2) is 24.3 Å². The Morgan fingerprint density at radius 3 is 2.80 bits per heavy atom. The number of nitrogens with one attached hydrogen (secondary N) is 2. The number of aromatic nitrogens is 1. The summed E-state index contributed by atoms with van der Waals surface area (Å²) in [6.45, 7) is 3.78. The maximum absolute atomic E-state index is 12.1. The molecule has 0 saturated carbocycles. The summed E-state index contributed by atoms with van der Waals surface area (Å²) >= 11 is 1.58. The third-order valence-corrected chi connectivity index (χ3v) is 5.13. The van der Waals surface area contributed by atoms with E-state index < -0.39 is 0 Å². The van der Waals surface area contributed by atoms with Crippen LogP contribution in [0.4, 0.5) is 9.59 Å². The Labute approximate surface area is 150 Å². The lowest BCUT2D eigenvalue weighted by Gasteiger charge is -2.31. The highest BCUT2D eigenvalue weighted by Gasteiger charge is 2.24. The molecular weight excluding hydrogens is 340 g/mol. The van der Waals surface area contributed by atoms with E-state index >= 15 is 0 Å². The number of fused-ring (bicyclic) bond motifs is 1. The largest absolute Gasteiger partial charge is 0.450 e. The number of nitrogens with zero attached hydrogens (tertiary/aromatic N) is 2. The molecule has 1 saturated heterocycles. The number of carbonyl (C=O) groups excluding carboxylic acids is 2. The van der Waals surface area contributed by atoms with Crippen LogP contribution < -0.4 is 10.6 Å². The third-order valence-electron chi connectivity index (χ3n) is 4.09. The van der Waals surface area contributed by atoms with Crippen molar-refractivity contribution in [1.82, 2.24) is 20.5 Å². The second-order valence-corrected chi connectivity index (χ2v) is 6.98. The highest BCUT2D eigenvalue weighted by atomic mass is 32.1. The van der Waals surface area contributed by atoms with Gasteiger partial charge in [-0.3, -0.25) is 0 Å². The minimum absolute atomic E-state index is 0.0704.